The monoisotopic (exact) mass is 599 g/mol. The van der Waals surface area contributed by atoms with Gasteiger partial charge in [-0.15, -0.1) is 0 Å². The molecule has 228 valence electrons. The van der Waals surface area contributed by atoms with Gasteiger partial charge in [-0.05, 0) is 67.0 Å². The van der Waals surface area contributed by atoms with Gasteiger partial charge < -0.3 is 26.4 Å². The van der Waals surface area contributed by atoms with E-state index in [0.717, 1.165) is 32.1 Å². The molecule has 1 unspecified atom stereocenters. The first kappa shape index (κ1) is 31.7. The lowest BCUT2D eigenvalue weighted by atomic mass is 10.0. The molecule has 1 fully saturated rings. The van der Waals surface area contributed by atoms with Crippen LogP contribution in [0.25, 0.3) is 6.08 Å². The number of amides is 2. The molecule has 0 aromatic heterocycles. The van der Waals surface area contributed by atoms with Crippen molar-refractivity contribution in [3.63, 3.8) is 0 Å². The molecule has 5 N–H and O–H groups in total. The van der Waals surface area contributed by atoms with Crippen LogP contribution in [0.15, 0.2) is 72.8 Å². The number of carbonyl (C=O) groups is 2. The Morgan fingerprint density at radius 1 is 0.977 bits per heavy atom. The lowest BCUT2D eigenvalue weighted by Gasteiger charge is -2.27. The van der Waals surface area contributed by atoms with Crippen LogP contribution < -0.4 is 21.7 Å². The number of nitrogens with one attached hydrogen (secondary N) is 3. The van der Waals surface area contributed by atoms with Crippen LogP contribution in [0.4, 0.5) is 34.6 Å². The predicted molar refractivity (Wildman–Crippen MR) is 158 cm³/mol. The van der Waals surface area contributed by atoms with Gasteiger partial charge in [-0.1, -0.05) is 36.4 Å². The number of alkyl halides is 3. The van der Waals surface area contributed by atoms with E-state index in [9.17, 15) is 27.2 Å². The number of morpholine rings is 1. The van der Waals surface area contributed by atoms with Crippen LogP contribution in [0, 0.1) is 5.82 Å². The smallest absolute Gasteiger partial charge is 0.397 e. The normalized spacial score (nSPS) is 14.9. The molecule has 0 aliphatic carbocycles. The molecule has 1 atom stereocenters. The molecule has 43 heavy (non-hydrogen) atoms. The molecular weight excluding hydrogens is 566 g/mol. The second-order valence-electron chi connectivity index (χ2n) is 9.95. The van der Waals surface area contributed by atoms with Gasteiger partial charge in [0.1, 0.15) is 11.9 Å². The highest BCUT2D eigenvalue weighted by molar-refractivity contribution is 6.03. The van der Waals surface area contributed by atoms with Gasteiger partial charge in [0, 0.05) is 19.2 Å². The quantitative estimate of drug-likeness (QED) is 0.106. The SMILES string of the molecule is Nc1ccccc1NC(=O)/C=C/c1ccc(C(NCCCN2CCOCC2)C(=O)Nc2ccc(C(F)(F)F)cc2F)cc1. The van der Waals surface area contributed by atoms with Crippen molar-refractivity contribution < 1.29 is 31.9 Å². The van der Waals surface area contributed by atoms with Crippen LogP contribution in [0.5, 0.6) is 0 Å². The average molecular weight is 600 g/mol. The molecule has 0 bridgehead atoms. The van der Waals surface area contributed by atoms with E-state index in [4.69, 9.17) is 10.5 Å². The summed E-state index contributed by atoms with van der Waals surface area (Å²) in [7, 11) is 0. The standard InChI is InChI=1S/C31H33F4N5O3/c32-24-20-23(31(33,34)35)11-12-26(24)39-30(42)29(37-14-3-15-40-16-18-43-19-17-40)22-9-6-21(7-10-22)8-13-28(41)38-27-5-2-1-4-25(27)36/h1-2,4-13,20,29,37H,3,14-19,36H2,(H,38,41)(H,39,42)/b13-8+. The second-order valence-corrected chi connectivity index (χ2v) is 9.95. The first-order valence-electron chi connectivity index (χ1n) is 13.7. The third-order valence-electron chi connectivity index (χ3n) is 6.84. The first-order valence-corrected chi connectivity index (χ1v) is 13.7. The highest BCUT2D eigenvalue weighted by Crippen LogP contribution is 2.31. The van der Waals surface area contributed by atoms with Gasteiger partial charge in [0.2, 0.25) is 11.8 Å². The van der Waals surface area contributed by atoms with Crippen molar-refractivity contribution in [1.29, 1.82) is 0 Å². The first-order chi connectivity index (χ1) is 20.6. The Morgan fingerprint density at radius 3 is 2.37 bits per heavy atom. The number of hydrogen-bond acceptors (Lipinski definition) is 6. The maximum absolute atomic E-state index is 14.5. The molecule has 1 aliphatic heterocycles. The number of benzene rings is 3. The number of rotatable bonds is 11. The zero-order valence-corrected chi connectivity index (χ0v) is 23.3. The van der Waals surface area contributed by atoms with Crippen LogP contribution in [0.3, 0.4) is 0 Å². The molecule has 1 aliphatic rings. The molecule has 1 heterocycles. The van der Waals surface area contributed by atoms with Gasteiger partial charge in [0.15, 0.2) is 0 Å². The van der Waals surface area contributed by atoms with Crippen molar-refractivity contribution in [3.05, 3.63) is 95.3 Å². The summed E-state index contributed by atoms with van der Waals surface area (Å²) < 4.78 is 58.7. The summed E-state index contributed by atoms with van der Waals surface area (Å²) in [6.07, 6.45) is -1.04. The average Bonchev–Trinajstić information content (AvgIpc) is 2.98. The van der Waals surface area contributed by atoms with Crippen molar-refractivity contribution in [2.45, 2.75) is 18.6 Å². The van der Waals surface area contributed by atoms with Crippen molar-refractivity contribution in [3.8, 4) is 0 Å². The Hall–Kier alpha value is -4.26. The molecule has 3 aromatic rings. The van der Waals surface area contributed by atoms with Crippen LogP contribution in [0.1, 0.15) is 29.2 Å². The third-order valence-corrected chi connectivity index (χ3v) is 6.84. The van der Waals surface area contributed by atoms with E-state index in [-0.39, 0.29) is 11.6 Å². The lowest BCUT2D eigenvalue weighted by Crippen LogP contribution is -2.39. The summed E-state index contributed by atoms with van der Waals surface area (Å²) in [6, 6.07) is 14.7. The molecule has 1 saturated heterocycles. The number of para-hydroxylation sites is 2. The van der Waals surface area contributed by atoms with Crippen LogP contribution in [-0.2, 0) is 20.5 Å². The van der Waals surface area contributed by atoms with E-state index < -0.39 is 29.5 Å². The Kier molecular flexibility index (Phi) is 10.9. The minimum Gasteiger partial charge on any atom is -0.397 e. The minimum absolute atomic E-state index is 0.351. The summed E-state index contributed by atoms with van der Waals surface area (Å²) in [5.41, 5.74) is 6.51. The maximum atomic E-state index is 14.5. The summed E-state index contributed by atoms with van der Waals surface area (Å²) in [4.78, 5) is 27.8. The number of hydrogen-bond donors (Lipinski definition) is 4. The fraction of sp³-hybridized carbons (Fsp3) is 0.290. The fourth-order valence-electron chi connectivity index (χ4n) is 4.49. The Balaban J connectivity index is 1.44. The number of nitrogens with zero attached hydrogens (tertiary/aromatic N) is 1. The largest absolute Gasteiger partial charge is 0.416 e. The lowest BCUT2D eigenvalue weighted by molar-refractivity contribution is -0.137. The van der Waals surface area contributed by atoms with Crippen LogP contribution >= 0.6 is 0 Å². The van der Waals surface area contributed by atoms with Crippen molar-refractivity contribution in [2.75, 3.05) is 55.8 Å². The second kappa shape index (κ2) is 14.8. The van der Waals surface area contributed by atoms with Gasteiger partial charge in [0.25, 0.3) is 0 Å². The molecule has 12 heteroatoms. The van der Waals surface area contributed by atoms with Gasteiger partial charge in [-0.2, -0.15) is 13.2 Å². The molecular formula is C31H33F4N5O3. The minimum atomic E-state index is -4.71. The number of anilines is 3. The van der Waals surface area contributed by atoms with Gasteiger partial charge in [0.05, 0.1) is 35.8 Å². The summed E-state index contributed by atoms with van der Waals surface area (Å²) in [6.45, 7) is 4.22. The maximum Gasteiger partial charge on any atom is 0.416 e. The Morgan fingerprint density at radius 2 is 1.70 bits per heavy atom. The molecule has 0 spiro atoms. The van der Waals surface area contributed by atoms with Gasteiger partial charge in [-0.3, -0.25) is 14.5 Å². The van der Waals surface area contributed by atoms with E-state index in [2.05, 4.69) is 20.9 Å². The van der Waals surface area contributed by atoms with E-state index in [0.29, 0.717) is 54.4 Å². The van der Waals surface area contributed by atoms with Gasteiger partial charge >= 0.3 is 6.18 Å². The topological polar surface area (TPSA) is 109 Å². The molecule has 0 radical (unpaired) electrons. The fourth-order valence-corrected chi connectivity index (χ4v) is 4.49. The molecule has 8 nitrogen and oxygen atoms in total. The number of ether oxygens (including phenoxy) is 1. The van der Waals surface area contributed by atoms with Crippen molar-refractivity contribution in [2.24, 2.45) is 0 Å². The number of halogens is 4. The summed E-state index contributed by atoms with van der Waals surface area (Å²) in [5, 5.41) is 8.30. The molecule has 3 aromatic carbocycles. The van der Waals surface area contributed by atoms with E-state index in [1.54, 1.807) is 54.6 Å². The van der Waals surface area contributed by atoms with E-state index in [1.165, 1.54) is 6.08 Å². The Bertz CT molecular complexity index is 1420. The molecule has 4 rings (SSSR count). The van der Waals surface area contributed by atoms with E-state index in [1.807, 2.05) is 0 Å². The number of nitrogen functional groups attached to an aromatic ring is 1. The number of carbonyl (C=O) groups excluding carboxylic acids is 2. The highest BCUT2D eigenvalue weighted by Gasteiger charge is 2.31. The van der Waals surface area contributed by atoms with Crippen LogP contribution in [0.2, 0.25) is 0 Å². The molecule has 2 amide bonds. The molecule has 0 saturated carbocycles. The zero-order valence-electron chi connectivity index (χ0n) is 23.3. The van der Waals surface area contributed by atoms with E-state index >= 15 is 0 Å². The van der Waals surface area contributed by atoms with Crippen LogP contribution in [-0.4, -0.2) is 56.1 Å². The summed E-state index contributed by atoms with van der Waals surface area (Å²) >= 11 is 0. The zero-order chi connectivity index (χ0) is 30.8. The summed E-state index contributed by atoms with van der Waals surface area (Å²) in [5.74, 6) is -2.20. The predicted octanol–water partition coefficient (Wildman–Crippen LogP) is 5.07. The Labute approximate surface area is 246 Å². The van der Waals surface area contributed by atoms with Crippen molar-refractivity contribution >= 4 is 35.0 Å². The third kappa shape index (κ3) is 9.37. The van der Waals surface area contributed by atoms with Gasteiger partial charge in [-0.25, -0.2) is 4.39 Å². The van der Waals surface area contributed by atoms with Crippen molar-refractivity contribution in [1.82, 2.24) is 10.2 Å². The highest BCUT2D eigenvalue weighted by atomic mass is 19.4. The number of nitrogens with two attached hydrogens (primary N) is 1.